The molecule has 0 saturated heterocycles. The molecular formula is C15H18N2O3S. The zero-order chi connectivity index (χ0) is 15.0. The van der Waals surface area contributed by atoms with Crippen molar-refractivity contribution in [2.45, 2.75) is 52.2 Å². The fourth-order valence-corrected chi connectivity index (χ4v) is 3.74. The average Bonchev–Trinajstić information content (AvgIpc) is 3.03. The average molecular weight is 306 g/mol. The van der Waals surface area contributed by atoms with Crippen LogP contribution in [0.2, 0.25) is 0 Å². The maximum absolute atomic E-state index is 12.5. The second-order valence-corrected chi connectivity index (χ2v) is 6.74. The molecule has 2 aromatic rings. The Kier molecular flexibility index (Phi) is 3.80. The highest BCUT2D eigenvalue weighted by Crippen LogP contribution is 2.25. The highest BCUT2D eigenvalue weighted by molar-refractivity contribution is 7.18. The molecule has 1 saturated carbocycles. The number of carbonyl (C=O) groups excluding carboxylic acids is 1. The van der Waals surface area contributed by atoms with Gasteiger partial charge in [0, 0.05) is 4.88 Å². The van der Waals surface area contributed by atoms with E-state index in [1.165, 1.54) is 22.2 Å². The minimum absolute atomic E-state index is 0.0232. The molecule has 21 heavy (non-hydrogen) atoms. The van der Waals surface area contributed by atoms with Crippen LogP contribution in [0.3, 0.4) is 0 Å². The van der Waals surface area contributed by atoms with Crippen LogP contribution in [0, 0.1) is 13.8 Å². The quantitative estimate of drug-likeness (QED) is 0.818. The molecule has 0 bridgehead atoms. The van der Waals surface area contributed by atoms with E-state index < -0.39 is 0 Å². The number of nitrogens with zero attached hydrogens (tertiary/aromatic N) is 2. The Balaban J connectivity index is 1.83. The van der Waals surface area contributed by atoms with Crippen molar-refractivity contribution in [3.05, 3.63) is 27.1 Å². The minimum Gasteiger partial charge on any atom is -0.461 e. The summed E-state index contributed by atoms with van der Waals surface area (Å²) >= 11 is 1.51. The van der Waals surface area contributed by atoms with Crippen LogP contribution in [0.1, 0.15) is 36.1 Å². The molecule has 0 aromatic carbocycles. The molecule has 1 aliphatic rings. The topological polar surface area (TPSA) is 61.2 Å². The van der Waals surface area contributed by atoms with E-state index in [2.05, 4.69) is 4.98 Å². The van der Waals surface area contributed by atoms with Crippen molar-refractivity contribution in [3.63, 3.8) is 0 Å². The molecule has 1 aliphatic carbocycles. The first-order chi connectivity index (χ1) is 10.1. The molecule has 112 valence electrons. The first kappa shape index (κ1) is 14.3. The van der Waals surface area contributed by atoms with Crippen LogP contribution >= 0.6 is 11.3 Å². The van der Waals surface area contributed by atoms with Crippen LogP contribution in [0.15, 0.2) is 11.1 Å². The van der Waals surface area contributed by atoms with Crippen LogP contribution in [-0.2, 0) is 16.1 Å². The van der Waals surface area contributed by atoms with Crippen LogP contribution in [0.4, 0.5) is 0 Å². The Morgan fingerprint density at radius 1 is 1.43 bits per heavy atom. The fourth-order valence-electron chi connectivity index (χ4n) is 2.75. The highest BCUT2D eigenvalue weighted by Gasteiger charge is 2.20. The number of thiophene rings is 1. The molecule has 0 atom stereocenters. The van der Waals surface area contributed by atoms with Crippen molar-refractivity contribution in [2.75, 3.05) is 0 Å². The van der Waals surface area contributed by atoms with Crippen molar-refractivity contribution < 1.29 is 9.53 Å². The second-order valence-electron chi connectivity index (χ2n) is 5.54. The van der Waals surface area contributed by atoms with Crippen LogP contribution in [0.5, 0.6) is 0 Å². The zero-order valence-corrected chi connectivity index (χ0v) is 13.0. The third kappa shape index (κ3) is 2.72. The van der Waals surface area contributed by atoms with Crippen LogP contribution < -0.4 is 5.56 Å². The number of aromatic nitrogens is 2. The number of carbonyl (C=O) groups is 1. The first-order valence-electron chi connectivity index (χ1n) is 7.21. The second kappa shape index (κ2) is 5.60. The Morgan fingerprint density at radius 2 is 2.14 bits per heavy atom. The van der Waals surface area contributed by atoms with Gasteiger partial charge in [-0.2, -0.15) is 0 Å². The van der Waals surface area contributed by atoms with Crippen molar-refractivity contribution in [1.29, 1.82) is 0 Å². The van der Waals surface area contributed by atoms with Gasteiger partial charge < -0.3 is 4.74 Å². The fraction of sp³-hybridized carbons (Fsp3) is 0.533. The summed E-state index contributed by atoms with van der Waals surface area (Å²) in [6.45, 7) is 3.82. The number of fused-ring (bicyclic) bond motifs is 1. The lowest BCUT2D eigenvalue weighted by molar-refractivity contribution is -0.149. The van der Waals surface area contributed by atoms with E-state index >= 15 is 0 Å². The number of esters is 1. The van der Waals surface area contributed by atoms with Crippen LogP contribution in [-0.4, -0.2) is 21.6 Å². The Morgan fingerprint density at radius 3 is 2.86 bits per heavy atom. The molecule has 1 fully saturated rings. The number of ether oxygens (including phenoxy) is 1. The van der Waals surface area contributed by atoms with E-state index in [1.54, 1.807) is 0 Å². The Hall–Kier alpha value is -1.69. The maximum Gasteiger partial charge on any atom is 0.326 e. The molecule has 2 heterocycles. The molecule has 0 spiro atoms. The van der Waals surface area contributed by atoms with E-state index in [0.29, 0.717) is 5.39 Å². The Labute approximate surface area is 126 Å². The molecule has 5 nitrogen and oxygen atoms in total. The molecule has 0 amide bonds. The summed E-state index contributed by atoms with van der Waals surface area (Å²) in [6, 6.07) is 0. The number of aryl methyl sites for hydroxylation is 2. The summed E-state index contributed by atoms with van der Waals surface area (Å²) in [7, 11) is 0. The third-order valence-corrected chi connectivity index (χ3v) is 5.17. The lowest BCUT2D eigenvalue weighted by Crippen LogP contribution is -2.27. The van der Waals surface area contributed by atoms with Gasteiger partial charge in [-0.1, -0.05) is 0 Å². The molecular weight excluding hydrogens is 288 g/mol. The van der Waals surface area contributed by atoms with Gasteiger partial charge in [-0.05, 0) is 45.1 Å². The van der Waals surface area contributed by atoms with Gasteiger partial charge in [-0.25, -0.2) is 4.98 Å². The molecule has 0 radical (unpaired) electrons. The van der Waals surface area contributed by atoms with Gasteiger partial charge in [0.1, 0.15) is 17.5 Å². The predicted molar refractivity (Wildman–Crippen MR) is 81.7 cm³/mol. The summed E-state index contributed by atoms with van der Waals surface area (Å²) in [4.78, 5) is 30.5. The smallest absolute Gasteiger partial charge is 0.326 e. The lowest BCUT2D eigenvalue weighted by Gasteiger charge is -2.12. The van der Waals surface area contributed by atoms with Crippen LogP contribution in [0.25, 0.3) is 10.2 Å². The lowest BCUT2D eigenvalue weighted by atomic mass is 10.2. The largest absolute Gasteiger partial charge is 0.461 e. The van der Waals surface area contributed by atoms with Gasteiger partial charge in [0.2, 0.25) is 0 Å². The van der Waals surface area contributed by atoms with E-state index in [0.717, 1.165) is 41.0 Å². The monoisotopic (exact) mass is 306 g/mol. The summed E-state index contributed by atoms with van der Waals surface area (Å²) in [6.07, 6.45) is 5.55. The summed E-state index contributed by atoms with van der Waals surface area (Å²) in [5.41, 5.74) is 0.788. The third-order valence-electron chi connectivity index (χ3n) is 4.06. The maximum atomic E-state index is 12.5. The molecule has 0 N–H and O–H groups in total. The number of hydrogen-bond acceptors (Lipinski definition) is 5. The van der Waals surface area contributed by atoms with Crippen molar-refractivity contribution in [1.82, 2.24) is 9.55 Å². The molecule has 0 unspecified atom stereocenters. The number of hydrogen-bond donors (Lipinski definition) is 0. The summed E-state index contributed by atoms with van der Waals surface area (Å²) < 4.78 is 6.74. The van der Waals surface area contributed by atoms with Gasteiger partial charge in [0.15, 0.2) is 0 Å². The first-order valence-corrected chi connectivity index (χ1v) is 8.02. The van der Waals surface area contributed by atoms with Gasteiger partial charge in [0.25, 0.3) is 5.56 Å². The van der Waals surface area contributed by atoms with E-state index in [-0.39, 0.29) is 24.2 Å². The van der Waals surface area contributed by atoms with E-state index in [4.69, 9.17) is 4.74 Å². The number of rotatable bonds is 3. The van der Waals surface area contributed by atoms with Crippen molar-refractivity contribution in [3.8, 4) is 0 Å². The van der Waals surface area contributed by atoms with Crippen molar-refractivity contribution in [2.24, 2.45) is 0 Å². The summed E-state index contributed by atoms with van der Waals surface area (Å²) in [5, 5.41) is 0.619. The van der Waals surface area contributed by atoms with Gasteiger partial charge in [0.05, 0.1) is 11.7 Å². The predicted octanol–water partition coefficient (Wildman–Crippen LogP) is 2.56. The van der Waals surface area contributed by atoms with E-state index in [9.17, 15) is 9.59 Å². The van der Waals surface area contributed by atoms with Crippen molar-refractivity contribution >= 4 is 27.5 Å². The van der Waals surface area contributed by atoms with E-state index in [1.807, 2.05) is 13.8 Å². The molecule has 2 aromatic heterocycles. The molecule has 6 heteroatoms. The van der Waals surface area contributed by atoms with Gasteiger partial charge in [-0.3, -0.25) is 14.2 Å². The molecule has 0 aliphatic heterocycles. The minimum atomic E-state index is -0.352. The molecule has 3 rings (SSSR count). The normalized spacial score (nSPS) is 15.7. The highest BCUT2D eigenvalue weighted by atomic mass is 32.1. The SMILES string of the molecule is Cc1sc2ncn(CC(=O)OC3CCCC3)c(=O)c2c1C. The van der Waals surface area contributed by atoms with Gasteiger partial charge >= 0.3 is 5.97 Å². The van der Waals surface area contributed by atoms with Gasteiger partial charge in [-0.15, -0.1) is 11.3 Å². The Bertz CT molecular complexity index is 741. The standard InChI is InChI=1S/C15H18N2O3S/c1-9-10(2)21-14-13(9)15(19)17(8-16-14)7-12(18)20-11-5-3-4-6-11/h8,11H,3-7H2,1-2H3. The zero-order valence-electron chi connectivity index (χ0n) is 12.2. The summed E-state index contributed by atoms with van der Waals surface area (Å²) in [5.74, 6) is -0.352.